The summed E-state index contributed by atoms with van der Waals surface area (Å²) in [7, 11) is 1.56. The number of hydrogen-bond acceptors (Lipinski definition) is 8. The van der Waals surface area contributed by atoms with Crippen LogP contribution in [-0.4, -0.2) is 52.1 Å². The molecule has 0 fully saturated rings. The van der Waals surface area contributed by atoms with Crippen molar-refractivity contribution < 1.29 is 39.2 Å². The number of esters is 1. The van der Waals surface area contributed by atoms with Gasteiger partial charge in [0.1, 0.15) is 11.9 Å². The van der Waals surface area contributed by atoms with E-state index in [0.717, 1.165) is 15.6 Å². The van der Waals surface area contributed by atoms with Gasteiger partial charge in [0.15, 0.2) is 11.8 Å². The summed E-state index contributed by atoms with van der Waals surface area (Å²) in [5.74, 6) is -3.77. The Bertz CT molecular complexity index is 1140. The van der Waals surface area contributed by atoms with Gasteiger partial charge < -0.3 is 24.8 Å². The highest BCUT2D eigenvalue weighted by Crippen LogP contribution is 2.33. The Hall–Kier alpha value is -3.47. The number of nitrogens with one attached hydrogen (secondary N) is 1. The van der Waals surface area contributed by atoms with Gasteiger partial charge in [-0.1, -0.05) is 42.5 Å². The lowest BCUT2D eigenvalue weighted by molar-refractivity contribution is -0.174. The van der Waals surface area contributed by atoms with Gasteiger partial charge in [-0.15, -0.1) is 11.3 Å². The van der Waals surface area contributed by atoms with E-state index in [-0.39, 0.29) is 6.42 Å². The summed E-state index contributed by atoms with van der Waals surface area (Å²) in [6, 6.07) is 17.2. The van der Waals surface area contributed by atoms with Crippen LogP contribution in [0.2, 0.25) is 0 Å². The smallest absolute Gasteiger partial charge is 0.336 e. The number of aliphatic carboxylic acids is 2. The van der Waals surface area contributed by atoms with Gasteiger partial charge in [0.2, 0.25) is 0 Å². The van der Waals surface area contributed by atoms with Crippen molar-refractivity contribution in [3.8, 4) is 5.75 Å². The minimum absolute atomic E-state index is 0.177. The van der Waals surface area contributed by atoms with Crippen LogP contribution in [0.1, 0.15) is 30.2 Å². The highest BCUT2D eigenvalue weighted by Gasteiger charge is 2.42. The highest BCUT2D eigenvalue weighted by molar-refractivity contribution is 7.10. The summed E-state index contributed by atoms with van der Waals surface area (Å²) >= 11 is 1.47. The summed E-state index contributed by atoms with van der Waals surface area (Å²) in [5.41, 5.74) is -2.77. The first-order chi connectivity index (χ1) is 16.2. The Labute approximate surface area is 199 Å². The van der Waals surface area contributed by atoms with Crippen molar-refractivity contribution in [2.24, 2.45) is 0 Å². The molecule has 10 heteroatoms. The molecule has 1 aromatic heterocycles. The zero-order valence-electron chi connectivity index (χ0n) is 18.3. The molecule has 4 N–H and O–H groups in total. The quantitative estimate of drug-likeness (QED) is 0.224. The molecule has 0 spiro atoms. The Morgan fingerprint density at radius 3 is 2.41 bits per heavy atom. The number of carbonyl (C=O) groups excluding carboxylic acids is 1. The van der Waals surface area contributed by atoms with Gasteiger partial charge in [0.25, 0.3) is 0 Å². The maximum absolute atomic E-state index is 12.4. The van der Waals surface area contributed by atoms with Gasteiger partial charge in [-0.2, -0.15) is 0 Å². The van der Waals surface area contributed by atoms with Crippen molar-refractivity contribution in [1.29, 1.82) is 0 Å². The molecular formula is C24H25NO8S. The molecule has 1 heterocycles. The Balaban J connectivity index is 1.77. The van der Waals surface area contributed by atoms with Crippen LogP contribution in [0.25, 0.3) is 10.8 Å². The molecule has 0 amide bonds. The third kappa shape index (κ3) is 6.31. The van der Waals surface area contributed by atoms with Crippen molar-refractivity contribution in [2.75, 3.05) is 7.05 Å². The van der Waals surface area contributed by atoms with E-state index in [9.17, 15) is 24.6 Å². The Morgan fingerprint density at radius 1 is 1.03 bits per heavy atom. The summed E-state index contributed by atoms with van der Waals surface area (Å²) in [4.78, 5) is 35.5. The van der Waals surface area contributed by atoms with E-state index in [2.05, 4.69) is 5.32 Å². The lowest BCUT2D eigenvalue weighted by Crippen LogP contribution is -2.44. The maximum Gasteiger partial charge on any atom is 0.336 e. The normalized spacial score (nSPS) is 14.6. The van der Waals surface area contributed by atoms with Crippen molar-refractivity contribution >= 4 is 40.0 Å². The first kappa shape index (κ1) is 25.2. The van der Waals surface area contributed by atoms with E-state index in [0.29, 0.717) is 5.75 Å². The van der Waals surface area contributed by atoms with Gasteiger partial charge in [0, 0.05) is 16.7 Å². The van der Waals surface area contributed by atoms with Crippen molar-refractivity contribution in [1.82, 2.24) is 5.32 Å². The topological polar surface area (TPSA) is 142 Å². The molecule has 0 saturated carbocycles. The molecule has 0 bridgehead atoms. The van der Waals surface area contributed by atoms with Crippen molar-refractivity contribution in [2.45, 2.75) is 37.2 Å². The molecule has 9 nitrogen and oxygen atoms in total. The SMILES string of the molecule is CNC(CC(Oc1cccc2ccccc12)c1cccs1)OC(=O)CC(O)(CC(=O)O)C(=O)O. The first-order valence-corrected chi connectivity index (χ1v) is 11.3. The van der Waals surface area contributed by atoms with E-state index in [1.807, 2.05) is 60.0 Å². The van der Waals surface area contributed by atoms with E-state index < -0.39 is 48.7 Å². The molecule has 2 aromatic carbocycles. The van der Waals surface area contributed by atoms with Crippen LogP contribution in [0.5, 0.6) is 5.75 Å². The minimum atomic E-state index is -2.77. The number of aliphatic hydroxyl groups is 1. The largest absolute Gasteiger partial charge is 0.484 e. The van der Waals surface area contributed by atoms with Gasteiger partial charge in [-0.3, -0.25) is 14.9 Å². The molecule has 0 radical (unpaired) electrons. The van der Waals surface area contributed by atoms with Gasteiger partial charge in [-0.05, 0) is 29.9 Å². The second-order valence-electron chi connectivity index (χ2n) is 7.69. The molecule has 0 saturated heterocycles. The molecule has 180 valence electrons. The van der Waals surface area contributed by atoms with Crippen LogP contribution in [0.4, 0.5) is 0 Å². The number of ether oxygens (including phenoxy) is 2. The lowest BCUT2D eigenvalue weighted by Gasteiger charge is -2.26. The zero-order valence-corrected chi connectivity index (χ0v) is 19.2. The summed E-state index contributed by atoms with van der Waals surface area (Å²) in [6.07, 6.45) is -3.37. The predicted molar refractivity (Wildman–Crippen MR) is 125 cm³/mol. The average molecular weight is 488 g/mol. The molecule has 3 rings (SSSR count). The van der Waals surface area contributed by atoms with Crippen LogP contribution in [0, 0.1) is 0 Å². The van der Waals surface area contributed by atoms with Crippen molar-refractivity contribution in [3.05, 3.63) is 64.9 Å². The zero-order chi connectivity index (χ0) is 24.7. The molecule has 3 unspecified atom stereocenters. The standard InChI is InChI=1S/C24H25NO8S/c1-25-20(33-22(28)14-24(31,23(29)30)13-21(26)27)12-18(19-10-5-11-34-19)32-17-9-4-7-15-6-2-3-8-16(15)17/h2-11,18,20,25,31H,12-14H2,1H3,(H,26,27)(H,29,30). The number of rotatable bonds is 12. The van der Waals surface area contributed by atoms with E-state index in [4.69, 9.17) is 14.6 Å². The summed E-state index contributed by atoms with van der Waals surface area (Å²) in [5, 5.41) is 34.8. The summed E-state index contributed by atoms with van der Waals surface area (Å²) < 4.78 is 11.7. The summed E-state index contributed by atoms with van der Waals surface area (Å²) in [6.45, 7) is 0. The number of carboxylic acid groups (broad SMARTS) is 2. The molecule has 0 aliphatic carbocycles. The van der Waals surface area contributed by atoms with E-state index in [1.165, 1.54) is 11.3 Å². The third-order valence-electron chi connectivity index (χ3n) is 5.18. The minimum Gasteiger partial charge on any atom is -0.484 e. The fourth-order valence-corrected chi connectivity index (χ4v) is 4.24. The molecular weight excluding hydrogens is 462 g/mol. The number of carboxylic acids is 2. The number of carbonyl (C=O) groups is 3. The molecule has 3 aromatic rings. The molecule has 3 atom stereocenters. The fraction of sp³-hybridized carbons (Fsp3) is 0.292. The van der Waals surface area contributed by atoms with Gasteiger partial charge in [-0.25, -0.2) is 4.79 Å². The van der Waals surface area contributed by atoms with Gasteiger partial charge in [0.05, 0.1) is 12.8 Å². The van der Waals surface area contributed by atoms with Crippen LogP contribution < -0.4 is 10.1 Å². The van der Waals surface area contributed by atoms with Crippen LogP contribution in [-0.2, 0) is 19.1 Å². The first-order valence-electron chi connectivity index (χ1n) is 10.4. The van der Waals surface area contributed by atoms with Crippen LogP contribution >= 0.6 is 11.3 Å². The fourth-order valence-electron chi connectivity index (χ4n) is 3.47. The maximum atomic E-state index is 12.4. The second-order valence-corrected chi connectivity index (χ2v) is 8.67. The number of thiophene rings is 1. The van der Waals surface area contributed by atoms with Crippen molar-refractivity contribution in [3.63, 3.8) is 0 Å². The van der Waals surface area contributed by atoms with E-state index >= 15 is 0 Å². The lowest BCUT2D eigenvalue weighted by atomic mass is 9.96. The van der Waals surface area contributed by atoms with E-state index in [1.54, 1.807) is 7.05 Å². The van der Waals surface area contributed by atoms with Gasteiger partial charge >= 0.3 is 17.9 Å². The monoisotopic (exact) mass is 487 g/mol. The number of hydrogen-bond donors (Lipinski definition) is 4. The second kappa shape index (κ2) is 11.1. The third-order valence-corrected chi connectivity index (χ3v) is 6.15. The Kier molecular flexibility index (Phi) is 8.21. The number of fused-ring (bicyclic) bond motifs is 1. The Morgan fingerprint density at radius 2 is 1.76 bits per heavy atom. The highest BCUT2D eigenvalue weighted by atomic mass is 32.1. The van der Waals surface area contributed by atoms with Crippen LogP contribution in [0.15, 0.2) is 60.0 Å². The average Bonchev–Trinajstić information content (AvgIpc) is 3.32. The number of benzene rings is 2. The predicted octanol–water partition coefficient (Wildman–Crippen LogP) is 3.18. The molecule has 0 aliphatic heterocycles. The van der Waals surface area contributed by atoms with Crippen LogP contribution in [0.3, 0.4) is 0 Å². The molecule has 34 heavy (non-hydrogen) atoms. The molecule has 0 aliphatic rings.